The first-order valence-electron chi connectivity index (χ1n) is 10.6. The standard InChI is InChI=1S/C22H40NP/c1-4-7-16-22(17-8-5-2)21(15-18-23)14-12-10-11-13-20-24(22)19-9-6-3/h15H,4-14,16-17,19-20H2,1-3H3. The van der Waals surface area contributed by atoms with Crippen LogP contribution in [0.1, 0.15) is 104 Å². The molecule has 0 amide bonds. The highest BCUT2D eigenvalue weighted by Crippen LogP contribution is 2.61. The van der Waals surface area contributed by atoms with Gasteiger partial charge in [0.15, 0.2) is 0 Å². The molecule has 0 aromatic heterocycles. The average molecular weight is 350 g/mol. The molecule has 1 saturated heterocycles. The number of hydrogen-bond donors (Lipinski definition) is 0. The minimum atomic E-state index is 0.0205. The molecule has 1 aliphatic rings. The molecule has 0 N–H and O–H groups in total. The summed E-state index contributed by atoms with van der Waals surface area (Å²) < 4.78 is 0. The number of rotatable bonds is 9. The third-order valence-electron chi connectivity index (χ3n) is 5.74. The molecule has 0 bridgehead atoms. The van der Waals surface area contributed by atoms with Gasteiger partial charge in [-0.15, -0.1) is 0 Å². The zero-order valence-corrected chi connectivity index (χ0v) is 17.5. The number of nitrogens with zero attached hydrogens (tertiary/aromatic N) is 1. The fourth-order valence-electron chi connectivity index (χ4n) is 4.28. The summed E-state index contributed by atoms with van der Waals surface area (Å²) in [6.45, 7) is 6.98. The van der Waals surface area contributed by atoms with Crippen LogP contribution in [-0.2, 0) is 0 Å². The van der Waals surface area contributed by atoms with E-state index >= 15 is 0 Å². The van der Waals surface area contributed by atoms with Crippen molar-refractivity contribution in [2.24, 2.45) is 0 Å². The summed E-state index contributed by atoms with van der Waals surface area (Å²) >= 11 is 0. The zero-order valence-electron chi connectivity index (χ0n) is 16.6. The lowest BCUT2D eigenvalue weighted by atomic mass is 9.84. The zero-order chi connectivity index (χ0) is 17.7. The van der Waals surface area contributed by atoms with Crippen LogP contribution in [0.3, 0.4) is 0 Å². The van der Waals surface area contributed by atoms with Gasteiger partial charge in [-0.2, -0.15) is 5.26 Å². The molecule has 1 rings (SSSR count). The molecule has 0 radical (unpaired) electrons. The second-order valence-electron chi connectivity index (χ2n) is 7.54. The van der Waals surface area contributed by atoms with Crippen LogP contribution in [0.5, 0.6) is 0 Å². The Morgan fingerprint density at radius 1 is 0.958 bits per heavy atom. The maximum atomic E-state index is 9.48. The van der Waals surface area contributed by atoms with Crippen molar-refractivity contribution in [2.75, 3.05) is 12.3 Å². The Morgan fingerprint density at radius 2 is 1.58 bits per heavy atom. The van der Waals surface area contributed by atoms with E-state index in [9.17, 15) is 5.26 Å². The highest BCUT2D eigenvalue weighted by atomic mass is 31.1. The van der Waals surface area contributed by atoms with Crippen LogP contribution in [0.15, 0.2) is 11.6 Å². The quantitative estimate of drug-likeness (QED) is 0.307. The molecule has 24 heavy (non-hydrogen) atoms. The van der Waals surface area contributed by atoms with E-state index < -0.39 is 0 Å². The molecule has 0 aromatic carbocycles. The summed E-state index contributed by atoms with van der Waals surface area (Å²) in [5, 5.41) is 9.86. The minimum Gasteiger partial charge on any atom is -0.193 e. The fourth-order valence-corrected chi connectivity index (χ4v) is 8.20. The molecule has 0 spiro atoms. The molecule has 0 aromatic rings. The van der Waals surface area contributed by atoms with Gasteiger partial charge in [0.1, 0.15) is 0 Å². The topological polar surface area (TPSA) is 23.8 Å². The monoisotopic (exact) mass is 349 g/mol. The normalized spacial score (nSPS) is 23.2. The van der Waals surface area contributed by atoms with Crippen molar-refractivity contribution in [2.45, 2.75) is 109 Å². The predicted octanol–water partition coefficient (Wildman–Crippen LogP) is 7.80. The van der Waals surface area contributed by atoms with Crippen LogP contribution in [0.2, 0.25) is 0 Å². The van der Waals surface area contributed by atoms with E-state index in [-0.39, 0.29) is 7.92 Å². The van der Waals surface area contributed by atoms with E-state index in [2.05, 4.69) is 26.8 Å². The molecule has 2 heteroatoms. The lowest BCUT2D eigenvalue weighted by Crippen LogP contribution is -2.32. The molecular formula is C22H40NP. The Bertz CT molecular complexity index is 385. The van der Waals surface area contributed by atoms with Crippen LogP contribution in [0.25, 0.3) is 0 Å². The number of unbranched alkanes of at least 4 members (excludes halogenated alkanes) is 3. The van der Waals surface area contributed by atoms with Gasteiger partial charge in [-0.1, -0.05) is 73.6 Å². The molecule has 138 valence electrons. The lowest BCUT2D eigenvalue weighted by Gasteiger charge is -2.44. The molecule has 1 nitrogen and oxygen atoms in total. The summed E-state index contributed by atoms with van der Waals surface area (Å²) in [4.78, 5) is 0. The first kappa shape index (κ1) is 21.7. The van der Waals surface area contributed by atoms with E-state index in [0.29, 0.717) is 5.16 Å². The average Bonchev–Trinajstić information content (AvgIpc) is 2.67. The maximum Gasteiger partial charge on any atom is 0.0911 e. The number of hydrogen-bond acceptors (Lipinski definition) is 1. The Balaban J connectivity index is 3.25. The molecular weight excluding hydrogens is 309 g/mol. The van der Waals surface area contributed by atoms with E-state index in [1.165, 1.54) is 95.8 Å². The predicted molar refractivity (Wildman–Crippen MR) is 110 cm³/mol. The van der Waals surface area contributed by atoms with Crippen LogP contribution in [0, 0.1) is 11.3 Å². The first-order chi connectivity index (χ1) is 11.7. The smallest absolute Gasteiger partial charge is 0.0911 e. The van der Waals surface area contributed by atoms with E-state index in [4.69, 9.17) is 0 Å². The van der Waals surface area contributed by atoms with Crippen molar-refractivity contribution in [3.05, 3.63) is 11.6 Å². The summed E-state index contributed by atoms with van der Waals surface area (Å²) in [6.07, 6.45) is 22.1. The highest BCUT2D eigenvalue weighted by molar-refractivity contribution is 7.59. The molecule has 0 aliphatic carbocycles. The van der Waals surface area contributed by atoms with Crippen molar-refractivity contribution in [1.82, 2.24) is 0 Å². The van der Waals surface area contributed by atoms with Crippen molar-refractivity contribution in [1.29, 1.82) is 5.26 Å². The van der Waals surface area contributed by atoms with Gasteiger partial charge in [-0.25, -0.2) is 0 Å². The van der Waals surface area contributed by atoms with Gasteiger partial charge >= 0.3 is 0 Å². The Kier molecular flexibility index (Phi) is 11.7. The molecule has 0 saturated carbocycles. The van der Waals surface area contributed by atoms with Gasteiger partial charge in [0.25, 0.3) is 0 Å². The van der Waals surface area contributed by atoms with Crippen LogP contribution < -0.4 is 0 Å². The van der Waals surface area contributed by atoms with Crippen LogP contribution in [0.4, 0.5) is 0 Å². The number of allylic oxidation sites excluding steroid dienone is 2. The third kappa shape index (κ3) is 6.52. The summed E-state index contributed by atoms with van der Waals surface area (Å²) in [5.74, 6) is 0. The Hall–Kier alpha value is -0.340. The van der Waals surface area contributed by atoms with Gasteiger partial charge in [0.2, 0.25) is 0 Å². The van der Waals surface area contributed by atoms with E-state index in [0.717, 1.165) is 0 Å². The first-order valence-corrected chi connectivity index (χ1v) is 12.3. The largest absolute Gasteiger partial charge is 0.193 e. The molecule has 1 atom stereocenters. The molecule has 1 fully saturated rings. The molecule has 1 heterocycles. The van der Waals surface area contributed by atoms with Crippen molar-refractivity contribution < 1.29 is 0 Å². The Labute approximate surface area is 153 Å². The SMILES string of the molecule is CCCCP1CCCCCCC(=CC#N)C1(CCCC)CCCC. The maximum absolute atomic E-state index is 9.48. The van der Waals surface area contributed by atoms with Crippen molar-refractivity contribution in [3.8, 4) is 6.07 Å². The van der Waals surface area contributed by atoms with Crippen LogP contribution >= 0.6 is 7.92 Å². The summed E-state index contributed by atoms with van der Waals surface area (Å²) in [6, 6.07) is 2.44. The van der Waals surface area contributed by atoms with Gasteiger partial charge in [0.05, 0.1) is 6.07 Å². The van der Waals surface area contributed by atoms with Gasteiger partial charge < -0.3 is 0 Å². The van der Waals surface area contributed by atoms with E-state index in [1.807, 2.05) is 6.08 Å². The summed E-state index contributed by atoms with van der Waals surface area (Å²) in [5.41, 5.74) is 1.55. The Morgan fingerprint density at radius 3 is 2.17 bits per heavy atom. The second kappa shape index (κ2) is 12.9. The second-order valence-corrected chi connectivity index (χ2v) is 10.4. The van der Waals surface area contributed by atoms with Crippen molar-refractivity contribution >= 4 is 7.92 Å². The van der Waals surface area contributed by atoms with Gasteiger partial charge in [0, 0.05) is 11.2 Å². The van der Waals surface area contributed by atoms with Crippen molar-refractivity contribution in [3.63, 3.8) is 0 Å². The fraction of sp³-hybridized carbons (Fsp3) is 0.864. The van der Waals surface area contributed by atoms with Gasteiger partial charge in [-0.05, 0) is 56.4 Å². The summed E-state index contributed by atoms with van der Waals surface area (Å²) in [7, 11) is 0.0205. The molecule has 1 aliphatic heterocycles. The van der Waals surface area contributed by atoms with E-state index in [1.54, 1.807) is 5.57 Å². The third-order valence-corrected chi connectivity index (χ3v) is 9.39. The lowest BCUT2D eigenvalue weighted by molar-refractivity contribution is 0.490. The van der Waals surface area contributed by atoms with Crippen LogP contribution in [-0.4, -0.2) is 17.5 Å². The number of nitriles is 1. The minimum absolute atomic E-state index is 0.0205. The molecule has 1 unspecified atom stereocenters. The van der Waals surface area contributed by atoms with Gasteiger partial charge in [-0.3, -0.25) is 0 Å². The highest BCUT2D eigenvalue weighted by Gasteiger charge is 2.39.